The number of imidazole rings is 1. The molecule has 2 heterocycles. The Kier molecular flexibility index (Phi) is 2.21. The highest BCUT2D eigenvalue weighted by Crippen LogP contribution is 2.13. The predicted octanol–water partition coefficient (Wildman–Crippen LogP) is 1.07. The summed E-state index contributed by atoms with van der Waals surface area (Å²) in [6.45, 7) is 0. The normalized spacial score (nSPS) is 11.3. The summed E-state index contributed by atoms with van der Waals surface area (Å²) in [6.07, 6.45) is 5.85. The third-order valence-electron chi connectivity index (χ3n) is 2.09. The van der Waals surface area contributed by atoms with E-state index in [9.17, 15) is 4.79 Å². The first-order valence-electron chi connectivity index (χ1n) is 4.36. The van der Waals surface area contributed by atoms with Crippen LogP contribution in [0, 0.1) is 0 Å². The molecule has 5 nitrogen and oxygen atoms in total. The van der Waals surface area contributed by atoms with Gasteiger partial charge in [0.2, 0.25) is 0 Å². The molecule has 0 bridgehead atoms. The average Bonchev–Trinajstić information content (AvgIpc) is 2.54. The van der Waals surface area contributed by atoms with Crippen LogP contribution in [0.15, 0.2) is 24.5 Å². The average molecular weight is 203 g/mol. The van der Waals surface area contributed by atoms with Crippen LogP contribution >= 0.6 is 0 Å². The molecule has 2 aromatic heterocycles. The molecule has 15 heavy (non-hydrogen) atoms. The Morgan fingerprint density at radius 1 is 1.60 bits per heavy atom. The predicted molar refractivity (Wildman–Crippen MR) is 55.2 cm³/mol. The summed E-state index contributed by atoms with van der Waals surface area (Å²) >= 11 is 0. The zero-order chi connectivity index (χ0) is 10.8. The Labute approximate surface area is 85.7 Å². The van der Waals surface area contributed by atoms with E-state index in [-0.39, 0.29) is 0 Å². The number of hydrogen-bond donors (Lipinski definition) is 1. The van der Waals surface area contributed by atoms with Gasteiger partial charge in [-0.25, -0.2) is 9.78 Å². The molecule has 0 aromatic carbocycles. The number of aromatic nitrogens is 3. The van der Waals surface area contributed by atoms with Crippen molar-refractivity contribution in [3.63, 3.8) is 0 Å². The second-order valence-corrected chi connectivity index (χ2v) is 3.06. The Morgan fingerprint density at radius 2 is 2.40 bits per heavy atom. The summed E-state index contributed by atoms with van der Waals surface area (Å²) < 4.78 is 1.82. The first-order valence-corrected chi connectivity index (χ1v) is 4.36. The molecule has 0 aliphatic rings. The number of carboxylic acid groups (broad SMARTS) is 1. The van der Waals surface area contributed by atoms with Crippen molar-refractivity contribution in [2.24, 2.45) is 7.05 Å². The molecule has 0 saturated heterocycles. The van der Waals surface area contributed by atoms with E-state index in [2.05, 4.69) is 9.97 Å². The maximum absolute atomic E-state index is 10.4. The van der Waals surface area contributed by atoms with Gasteiger partial charge in [-0.2, -0.15) is 0 Å². The maximum atomic E-state index is 10.4. The summed E-state index contributed by atoms with van der Waals surface area (Å²) in [4.78, 5) is 18.5. The second-order valence-electron chi connectivity index (χ2n) is 3.06. The topological polar surface area (TPSA) is 68.0 Å². The molecule has 2 aromatic rings. The fraction of sp³-hybridized carbons (Fsp3) is 0.100. The minimum Gasteiger partial charge on any atom is -0.478 e. The van der Waals surface area contributed by atoms with Gasteiger partial charge in [0.05, 0.1) is 11.7 Å². The Hall–Kier alpha value is -2.17. The second kappa shape index (κ2) is 3.53. The van der Waals surface area contributed by atoms with Gasteiger partial charge in [0.15, 0.2) is 0 Å². The molecule has 0 aliphatic heterocycles. The van der Waals surface area contributed by atoms with Gasteiger partial charge in [-0.1, -0.05) is 0 Å². The molecule has 0 unspecified atom stereocenters. The van der Waals surface area contributed by atoms with Gasteiger partial charge in [0, 0.05) is 19.3 Å². The third kappa shape index (κ3) is 1.71. The summed E-state index contributed by atoms with van der Waals surface area (Å²) in [5, 5.41) is 8.50. The van der Waals surface area contributed by atoms with Crippen molar-refractivity contribution in [3.8, 4) is 0 Å². The lowest BCUT2D eigenvalue weighted by Crippen LogP contribution is -1.93. The SMILES string of the molecule is Cn1c(C=CC(=O)O)nc2cnccc21. The highest BCUT2D eigenvalue weighted by atomic mass is 16.4. The molecule has 0 aliphatic carbocycles. The number of carbonyl (C=O) groups is 1. The number of nitrogens with zero attached hydrogens (tertiary/aromatic N) is 3. The number of aliphatic carboxylic acids is 1. The van der Waals surface area contributed by atoms with Gasteiger partial charge in [-0.15, -0.1) is 0 Å². The van der Waals surface area contributed by atoms with E-state index in [1.165, 1.54) is 6.08 Å². The van der Waals surface area contributed by atoms with Crippen LogP contribution in [0.4, 0.5) is 0 Å². The third-order valence-corrected chi connectivity index (χ3v) is 2.09. The van der Waals surface area contributed by atoms with Gasteiger partial charge in [-0.3, -0.25) is 4.98 Å². The lowest BCUT2D eigenvalue weighted by atomic mass is 10.4. The molecule has 2 rings (SSSR count). The van der Waals surface area contributed by atoms with E-state index in [0.717, 1.165) is 17.1 Å². The standard InChI is InChI=1S/C10H9N3O2/c1-13-8-4-5-11-6-7(8)12-9(13)2-3-10(14)15/h2-6H,1H3,(H,14,15). The lowest BCUT2D eigenvalue weighted by Gasteiger charge is -1.95. The first kappa shape index (κ1) is 9.39. The molecular weight excluding hydrogens is 194 g/mol. The van der Waals surface area contributed by atoms with E-state index in [4.69, 9.17) is 5.11 Å². The van der Waals surface area contributed by atoms with Crippen LogP contribution < -0.4 is 0 Å². The van der Waals surface area contributed by atoms with Gasteiger partial charge in [0.25, 0.3) is 0 Å². The quantitative estimate of drug-likeness (QED) is 0.741. The molecule has 0 saturated carbocycles. The summed E-state index contributed by atoms with van der Waals surface area (Å²) in [5.41, 5.74) is 1.68. The molecule has 0 amide bonds. The van der Waals surface area contributed by atoms with E-state index in [1.807, 2.05) is 17.7 Å². The Morgan fingerprint density at radius 3 is 3.07 bits per heavy atom. The van der Waals surface area contributed by atoms with Crippen LogP contribution in [-0.2, 0) is 11.8 Å². The molecule has 1 N–H and O–H groups in total. The van der Waals surface area contributed by atoms with E-state index < -0.39 is 5.97 Å². The Bertz CT molecular complexity index is 543. The largest absolute Gasteiger partial charge is 0.478 e. The van der Waals surface area contributed by atoms with Crippen LogP contribution in [0.3, 0.4) is 0 Å². The van der Waals surface area contributed by atoms with Crippen molar-refractivity contribution in [3.05, 3.63) is 30.4 Å². The highest BCUT2D eigenvalue weighted by molar-refractivity contribution is 5.86. The molecule has 5 heteroatoms. The van der Waals surface area contributed by atoms with Crippen molar-refractivity contribution in [2.45, 2.75) is 0 Å². The van der Waals surface area contributed by atoms with Gasteiger partial charge < -0.3 is 9.67 Å². The van der Waals surface area contributed by atoms with Crippen molar-refractivity contribution in [1.82, 2.24) is 14.5 Å². The molecule has 0 radical (unpaired) electrons. The van der Waals surface area contributed by atoms with Crippen LogP contribution in [0.5, 0.6) is 0 Å². The van der Waals surface area contributed by atoms with Crippen LogP contribution in [-0.4, -0.2) is 25.6 Å². The molecule has 0 fully saturated rings. The van der Waals surface area contributed by atoms with Crippen LogP contribution in [0.1, 0.15) is 5.82 Å². The molecule has 0 spiro atoms. The van der Waals surface area contributed by atoms with Gasteiger partial charge in [0.1, 0.15) is 11.3 Å². The van der Waals surface area contributed by atoms with Crippen molar-refractivity contribution in [1.29, 1.82) is 0 Å². The summed E-state index contributed by atoms with van der Waals surface area (Å²) in [5.74, 6) is -0.388. The zero-order valence-electron chi connectivity index (χ0n) is 8.08. The van der Waals surface area contributed by atoms with Crippen molar-refractivity contribution >= 4 is 23.1 Å². The number of rotatable bonds is 2. The number of fused-ring (bicyclic) bond motifs is 1. The zero-order valence-corrected chi connectivity index (χ0v) is 8.08. The fourth-order valence-electron chi connectivity index (χ4n) is 1.37. The number of hydrogen-bond acceptors (Lipinski definition) is 3. The van der Waals surface area contributed by atoms with Crippen LogP contribution in [0.2, 0.25) is 0 Å². The highest BCUT2D eigenvalue weighted by Gasteiger charge is 2.04. The maximum Gasteiger partial charge on any atom is 0.328 e. The van der Waals surface area contributed by atoms with Gasteiger partial charge >= 0.3 is 5.97 Å². The minimum absolute atomic E-state index is 0.598. The van der Waals surface area contributed by atoms with E-state index in [0.29, 0.717) is 5.82 Å². The lowest BCUT2D eigenvalue weighted by molar-refractivity contribution is -0.131. The van der Waals surface area contributed by atoms with E-state index >= 15 is 0 Å². The molecule has 0 atom stereocenters. The fourth-order valence-corrected chi connectivity index (χ4v) is 1.37. The molecule has 76 valence electrons. The number of pyridine rings is 1. The van der Waals surface area contributed by atoms with Crippen molar-refractivity contribution < 1.29 is 9.90 Å². The minimum atomic E-state index is -0.986. The summed E-state index contributed by atoms with van der Waals surface area (Å²) in [6, 6.07) is 1.83. The van der Waals surface area contributed by atoms with E-state index in [1.54, 1.807) is 12.4 Å². The van der Waals surface area contributed by atoms with Gasteiger partial charge in [-0.05, 0) is 12.1 Å². The Balaban J connectivity index is 2.53. The number of aryl methyl sites for hydroxylation is 1. The van der Waals surface area contributed by atoms with Crippen molar-refractivity contribution in [2.75, 3.05) is 0 Å². The smallest absolute Gasteiger partial charge is 0.328 e. The molecular formula is C10H9N3O2. The monoisotopic (exact) mass is 203 g/mol. The number of carboxylic acids is 1. The first-order chi connectivity index (χ1) is 7.18. The van der Waals surface area contributed by atoms with Crippen LogP contribution in [0.25, 0.3) is 17.1 Å². The summed E-state index contributed by atoms with van der Waals surface area (Å²) in [7, 11) is 1.83.